The highest BCUT2D eigenvalue weighted by atomic mass is 35.5. The van der Waals surface area contributed by atoms with Gasteiger partial charge in [0, 0.05) is 6.08 Å². The van der Waals surface area contributed by atoms with Crippen LogP contribution in [0.5, 0.6) is 0 Å². The van der Waals surface area contributed by atoms with Crippen LogP contribution in [0.2, 0.25) is 5.02 Å². The number of hydrogen-bond acceptors (Lipinski definition) is 5. The Labute approximate surface area is 159 Å². The molecule has 0 saturated heterocycles. The number of rotatable bonds is 5. The van der Waals surface area contributed by atoms with Crippen molar-refractivity contribution in [2.45, 2.75) is 6.92 Å². The third-order valence-corrected chi connectivity index (χ3v) is 4.73. The van der Waals surface area contributed by atoms with E-state index < -0.39 is 18.5 Å². The van der Waals surface area contributed by atoms with Gasteiger partial charge in [0.25, 0.3) is 5.91 Å². The number of carbonyl (C=O) groups excluding carboxylic acids is 2. The number of nitrogens with zero attached hydrogens (tertiary/aromatic N) is 1. The minimum atomic E-state index is -0.616. The van der Waals surface area contributed by atoms with Crippen molar-refractivity contribution in [3.8, 4) is 0 Å². The lowest BCUT2D eigenvalue weighted by molar-refractivity contribution is -0.142. The summed E-state index contributed by atoms with van der Waals surface area (Å²) in [5, 5.41) is 3.73. The minimum absolute atomic E-state index is 0.396. The first-order valence-electron chi connectivity index (χ1n) is 7.78. The minimum Gasteiger partial charge on any atom is -0.452 e. The van der Waals surface area contributed by atoms with Crippen LogP contribution in [0.3, 0.4) is 0 Å². The number of ether oxygens (including phenoxy) is 1. The van der Waals surface area contributed by atoms with Gasteiger partial charge in [-0.05, 0) is 42.8 Å². The molecule has 0 radical (unpaired) electrons. The Morgan fingerprint density at radius 3 is 2.85 bits per heavy atom. The maximum Gasteiger partial charge on any atom is 0.331 e. The molecule has 0 aliphatic heterocycles. The predicted octanol–water partition coefficient (Wildman–Crippen LogP) is 4.45. The lowest BCUT2D eigenvalue weighted by atomic mass is 10.2. The number of nitrogens with one attached hydrogen (secondary N) is 1. The second-order valence-electron chi connectivity index (χ2n) is 5.49. The summed E-state index contributed by atoms with van der Waals surface area (Å²) in [6.07, 6.45) is 2.82. The van der Waals surface area contributed by atoms with Gasteiger partial charge in [0.05, 0.1) is 20.9 Å². The number of anilines is 1. The van der Waals surface area contributed by atoms with E-state index in [0.717, 1.165) is 15.8 Å². The van der Waals surface area contributed by atoms with Gasteiger partial charge in [0.15, 0.2) is 6.61 Å². The van der Waals surface area contributed by atoms with E-state index in [4.69, 9.17) is 16.3 Å². The molecule has 1 aromatic heterocycles. The van der Waals surface area contributed by atoms with Gasteiger partial charge in [-0.2, -0.15) is 0 Å². The summed E-state index contributed by atoms with van der Waals surface area (Å²) >= 11 is 7.52. The molecule has 0 saturated carbocycles. The molecule has 3 rings (SSSR count). The molecule has 132 valence electrons. The quantitative estimate of drug-likeness (QED) is 0.519. The van der Waals surface area contributed by atoms with Crippen LogP contribution < -0.4 is 5.32 Å². The van der Waals surface area contributed by atoms with Crippen molar-refractivity contribution in [1.82, 2.24) is 4.98 Å². The van der Waals surface area contributed by atoms with Crippen molar-refractivity contribution < 1.29 is 14.3 Å². The van der Waals surface area contributed by atoms with Gasteiger partial charge < -0.3 is 10.1 Å². The number of esters is 1. The normalized spacial score (nSPS) is 11.0. The number of aromatic nitrogens is 1. The van der Waals surface area contributed by atoms with Crippen LogP contribution in [0.15, 0.2) is 48.5 Å². The summed E-state index contributed by atoms with van der Waals surface area (Å²) in [6, 6.07) is 13.0. The fraction of sp³-hybridized carbons (Fsp3) is 0.105. The summed E-state index contributed by atoms with van der Waals surface area (Å²) in [6.45, 7) is 1.50. The molecule has 0 aliphatic carbocycles. The summed E-state index contributed by atoms with van der Waals surface area (Å²) in [5.41, 5.74) is 2.34. The molecule has 1 N–H and O–H groups in total. The lowest BCUT2D eigenvalue weighted by Gasteiger charge is -2.07. The lowest BCUT2D eigenvalue weighted by Crippen LogP contribution is -2.20. The highest BCUT2D eigenvalue weighted by molar-refractivity contribution is 7.19. The summed E-state index contributed by atoms with van der Waals surface area (Å²) in [5.74, 6) is -1.08. The molecule has 0 unspecified atom stereocenters. The molecular weight excluding hydrogens is 372 g/mol. The predicted molar refractivity (Wildman–Crippen MR) is 104 cm³/mol. The van der Waals surface area contributed by atoms with Gasteiger partial charge in [-0.25, -0.2) is 9.78 Å². The zero-order chi connectivity index (χ0) is 18.5. The van der Waals surface area contributed by atoms with Crippen LogP contribution in [-0.4, -0.2) is 23.5 Å². The first-order valence-corrected chi connectivity index (χ1v) is 8.97. The average Bonchev–Trinajstić information content (AvgIpc) is 3.03. The number of fused-ring (bicyclic) bond motifs is 1. The standard InChI is InChI=1S/C19H15ClN2O3S/c1-12-6-7-14(13(20)10-12)21-17(23)11-25-19(24)9-8-18-22-15-4-2-3-5-16(15)26-18/h2-10H,11H2,1H3,(H,21,23)/b9-8+. The Balaban J connectivity index is 1.52. The molecule has 3 aromatic rings. The summed E-state index contributed by atoms with van der Waals surface area (Å²) in [7, 11) is 0. The monoisotopic (exact) mass is 386 g/mol. The second kappa shape index (κ2) is 8.12. The van der Waals surface area contributed by atoms with Gasteiger partial charge in [-0.1, -0.05) is 29.8 Å². The Morgan fingerprint density at radius 2 is 2.08 bits per heavy atom. The number of benzene rings is 2. The Morgan fingerprint density at radius 1 is 1.27 bits per heavy atom. The Kier molecular flexibility index (Phi) is 5.65. The number of hydrogen-bond donors (Lipinski definition) is 1. The van der Waals surface area contributed by atoms with Gasteiger partial charge >= 0.3 is 5.97 Å². The molecule has 5 nitrogen and oxygen atoms in total. The van der Waals surface area contributed by atoms with E-state index >= 15 is 0 Å². The van der Waals surface area contributed by atoms with E-state index in [0.29, 0.717) is 15.7 Å². The SMILES string of the molecule is Cc1ccc(NC(=O)COC(=O)/C=C/c2nc3ccccc3s2)c(Cl)c1. The van der Waals surface area contributed by atoms with Crippen molar-refractivity contribution >= 4 is 56.8 Å². The zero-order valence-corrected chi connectivity index (χ0v) is 15.4. The van der Waals surface area contributed by atoms with Crippen molar-refractivity contribution in [3.63, 3.8) is 0 Å². The van der Waals surface area contributed by atoms with E-state index in [1.165, 1.54) is 17.4 Å². The van der Waals surface area contributed by atoms with Crippen LogP contribution >= 0.6 is 22.9 Å². The Bertz CT molecular complexity index is 964. The van der Waals surface area contributed by atoms with Crippen LogP contribution in [0.4, 0.5) is 5.69 Å². The van der Waals surface area contributed by atoms with E-state index in [1.54, 1.807) is 18.2 Å². The number of amides is 1. The number of thiazole rings is 1. The number of carbonyl (C=O) groups is 2. The molecule has 1 amide bonds. The highest BCUT2D eigenvalue weighted by Gasteiger charge is 2.08. The van der Waals surface area contributed by atoms with Crippen LogP contribution in [0, 0.1) is 6.92 Å². The fourth-order valence-corrected chi connectivity index (χ4v) is 3.35. The highest BCUT2D eigenvalue weighted by Crippen LogP contribution is 2.23. The zero-order valence-electron chi connectivity index (χ0n) is 13.9. The van der Waals surface area contributed by atoms with Crippen LogP contribution in [-0.2, 0) is 14.3 Å². The molecule has 0 aliphatic rings. The van der Waals surface area contributed by atoms with Crippen molar-refractivity contribution in [2.75, 3.05) is 11.9 Å². The van der Waals surface area contributed by atoms with Gasteiger partial charge in [-0.3, -0.25) is 4.79 Å². The molecule has 2 aromatic carbocycles. The molecule has 0 atom stereocenters. The molecule has 0 bridgehead atoms. The van der Waals surface area contributed by atoms with Crippen molar-refractivity contribution in [1.29, 1.82) is 0 Å². The molecule has 26 heavy (non-hydrogen) atoms. The third-order valence-electron chi connectivity index (χ3n) is 3.42. The largest absolute Gasteiger partial charge is 0.452 e. The molecule has 1 heterocycles. The smallest absolute Gasteiger partial charge is 0.331 e. The van der Waals surface area contributed by atoms with Crippen molar-refractivity contribution in [3.05, 3.63) is 64.1 Å². The van der Waals surface area contributed by atoms with E-state index in [-0.39, 0.29) is 0 Å². The fourth-order valence-electron chi connectivity index (χ4n) is 2.19. The molecule has 0 fully saturated rings. The van der Waals surface area contributed by atoms with E-state index in [2.05, 4.69) is 10.3 Å². The van der Waals surface area contributed by atoms with Crippen molar-refractivity contribution in [2.24, 2.45) is 0 Å². The summed E-state index contributed by atoms with van der Waals surface area (Å²) in [4.78, 5) is 28.0. The maximum absolute atomic E-state index is 11.9. The number of para-hydroxylation sites is 1. The van der Waals surface area contributed by atoms with Gasteiger partial charge in [-0.15, -0.1) is 11.3 Å². The van der Waals surface area contributed by atoms with E-state index in [1.807, 2.05) is 37.3 Å². The van der Waals surface area contributed by atoms with E-state index in [9.17, 15) is 9.59 Å². The molecule has 7 heteroatoms. The average molecular weight is 387 g/mol. The molecule has 0 spiro atoms. The second-order valence-corrected chi connectivity index (χ2v) is 6.96. The first-order chi connectivity index (χ1) is 12.5. The van der Waals surface area contributed by atoms with Gasteiger partial charge in [0.2, 0.25) is 0 Å². The van der Waals surface area contributed by atoms with Crippen LogP contribution in [0.1, 0.15) is 10.6 Å². The topological polar surface area (TPSA) is 68.3 Å². The van der Waals surface area contributed by atoms with Gasteiger partial charge in [0.1, 0.15) is 5.01 Å². The summed E-state index contributed by atoms with van der Waals surface area (Å²) < 4.78 is 5.97. The maximum atomic E-state index is 11.9. The number of halogens is 1. The Hall–Kier alpha value is -2.70. The third kappa shape index (κ3) is 4.68. The first kappa shape index (κ1) is 18.1. The van der Waals surface area contributed by atoms with Crippen LogP contribution in [0.25, 0.3) is 16.3 Å². The molecular formula is C19H15ClN2O3S. The number of aryl methyl sites for hydroxylation is 1.